The van der Waals surface area contributed by atoms with Crippen LogP contribution in [0.15, 0.2) is 84.0 Å². The number of carbonyl (C=O) groups excluding carboxylic acids is 2. The van der Waals surface area contributed by atoms with Crippen LogP contribution < -0.4 is 10.5 Å². The fourth-order valence-electron chi connectivity index (χ4n) is 4.90. The van der Waals surface area contributed by atoms with Gasteiger partial charge in [0.2, 0.25) is 5.91 Å². The molecular weight excluding hydrogens is 440 g/mol. The second-order valence-corrected chi connectivity index (χ2v) is 8.94. The Labute approximate surface area is 204 Å². The van der Waals surface area contributed by atoms with Crippen molar-refractivity contribution in [2.24, 2.45) is 10.8 Å². The highest BCUT2D eigenvalue weighted by molar-refractivity contribution is 6.03. The lowest BCUT2D eigenvalue weighted by atomic mass is 9.93. The number of rotatable bonds is 6. The molecule has 0 aliphatic carbocycles. The van der Waals surface area contributed by atoms with Gasteiger partial charge < -0.3 is 10.5 Å². The van der Waals surface area contributed by atoms with E-state index < -0.39 is 11.9 Å². The number of fused-ring (bicyclic) bond motifs is 1. The van der Waals surface area contributed by atoms with E-state index in [4.69, 9.17) is 15.6 Å². The van der Waals surface area contributed by atoms with E-state index in [-0.39, 0.29) is 18.5 Å². The number of hydrogen-bond donors (Lipinski definition) is 1. The number of carbonyl (C=O) groups is 2. The minimum atomic E-state index is -0.534. The molecule has 0 radical (unpaired) electrons. The van der Waals surface area contributed by atoms with Crippen LogP contribution in [0.1, 0.15) is 34.7 Å². The Morgan fingerprint density at radius 3 is 2.31 bits per heavy atom. The lowest BCUT2D eigenvalue weighted by Crippen LogP contribution is -2.51. The van der Waals surface area contributed by atoms with Crippen LogP contribution >= 0.6 is 0 Å². The third-order valence-electron chi connectivity index (χ3n) is 6.79. The zero-order valence-corrected chi connectivity index (χ0v) is 19.6. The van der Waals surface area contributed by atoms with Gasteiger partial charge in [-0.2, -0.15) is 5.10 Å². The molecule has 2 amide bonds. The summed E-state index contributed by atoms with van der Waals surface area (Å²) < 4.78 is 5.30. The molecular formula is C28H28N4O3. The monoisotopic (exact) mass is 468 g/mol. The van der Waals surface area contributed by atoms with Crippen LogP contribution in [0.2, 0.25) is 0 Å². The summed E-state index contributed by atoms with van der Waals surface area (Å²) in [5.41, 5.74) is 10.8. The summed E-state index contributed by atoms with van der Waals surface area (Å²) in [6, 6.07) is 24.8. The Kier molecular flexibility index (Phi) is 6.33. The molecule has 0 aromatic heterocycles. The molecule has 3 aromatic carbocycles. The molecule has 0 saturated heterocycles. The molecule has 2 aliphatic heterocycles. The van der Waals surface area contributed by atoms with Crippen LogP contribution in [0.4, 0.5) is 0 Å². The van der Waals surface area contributed by atoms with E-state index >= 15 is 0 Å². The molecule has 0 fully saturated rings. The second-order valence-electron chi connectivity index (χ2n) is 8.94. The lowest BCUT2D eigenvalue weighted by Gasteiger charge is -2.35. The molecule has 2 atom stereocenters. The smallest absolute Gasteiger partial charge is 0.257 e. The summed E-state index contributed by atoms with van der Waals surface area (Å²) in [6.45, 7) is 0.548. The third-order valence-corrected chi connectivity index (χ3v) is 6.79. The SMILES string of the molecule is COc1ccc([C@@H]2CC(c3ccccc3)=NN2C(=O)CN2Cc3ccccc3C[C@H]2C(N)=O)cc1. The standard InChI is InChI=1S/C28H28N4O3/c1-35-23-13-11-20(12-14-23)25-16-24(19-7-3-2-4-8-19)30-32(25)27(33)18-31-17-22-10-6-5-9-21(22)15-26(31)28(29)34/h2-14,25-26H,15-18H2,1H3,(H2,29,34)/t25-,26-/m0/s1. The molecule has 0 spiro atoms. The number of amides is 2. The van der Waals surface area contributed by atoms with Gasteiger partial charge in [-0.3, -0.25) is 14.5 Å². The minimum Gasteiger partial charge on any atom is -0.497 e. The van der Waals surface area contributed by atoms with E-state index in [0.717, 1.165) is 33.7 Å². The Hall–Kier alpha value is -3.97. The van der Waals surface area contributed by atoms with E-state index in [0.29, 0.717) is 19.4 Å². The molecule has 2 aliphatic rings. The molecule has 7 nitrogen and oxygen atoms in total. The van der Waals surface area contributed by atoms with Crippen molar-refractivity contribution in [2.75, 3.05) is 13.7 Å². The summed E-state index contributed by atoms with van der Waals surface area (Å²) in [6.07, 6.45) is 1.10. The molecule has 0 unspecified atom stereocenters. The third kappa shape index (κ3) is 4.68. The van der Waals surface area contributed by atoms with E-state index in [9.17, 15) is 9.59 Å². The molecule has 178 valence electrons. The first-order valence-corrected chi connectivity index (χ1v) is 11.7. The number of primary amides is 1. The number of ether oxygens (including phenoxy) is 1. The van der Waals surface area contributed by atoms with E-state index in [1.165, 1.54) is 0 Å². The minimum absolute atomic E-state index is 0.0557. The average molecular weight is 469 g/mol. The Morgan fingerprint density at radius 2 is 1.63 bits per heavy atom. The highest BCUT2D eigenvalue weighted by atomic mass is 16.5. The maximum atomic E-state index is 13.7. The summed E-state index contributed by atoms with van der Waals surface area (Å²) in [7, 11) is 1.63. The number of benzene rings is 3. The summed E-state index contributed by atoms with van der Waals surface area (Å²) in [5, 5.41) is 6.34. The maximum absolute atomic E-state index is 13.7. The van der Waals surface area contributed by atoms with Crippen molar-refractivity contribution in [2.45, 2.75) is 31.5 Å². The van der Waals surface area contributed by atoms with Crippen molar-refractivity contribution in [3.05, 3.63) is 101 Å². The Balaban J connectivity index is 1.43. The molecule has 0 bridgehead atoms. The summed E-state index contributed by atoms with van der Waals surface area (Å²) in [4.78, 5) is 27.8. The molecule has 3 aromatic rings. The quantitative estimate of drug-likeness (QED) is 0.601. The van der Waals surface area contributed by atoms with E-state index in [1.54, 1.807) is 12.1 Å². The van der Waals surface area contributed by atoms with Crippen LogP contribution in [-0.2, 0) is 22.6 Å². The Morgan fingerprint density at radius 1 is 0.943 bits per heavy atom. The van der Waals surface area contributed by atoms with Gasteiger partial charge in [0.1, 0.15) is 5.75 Å². The van der Waals surface area contributed by atoms with Crippen LogP contribution in [0.25, 0.3) is 0 Å². The first-order chi connectivity index (χ1) is 17.0. The van der Waals surface area contributed by atoms with Crippen molar-refractivity contribution in [1.82, 2.24) is 9.91 Å². The zero-order chi connectivity index (χ0) is 24.4. The van der Waals surface area contributed by atoms with Crippen molar-refractivity contribution < 1.29 is 14.3 Å². The van der Waals surface area contributed by atoms with Gasteiger partial charge >= 0.3 is 0 Å². The van der Waals surface area contributed by atoms with E-state index in [2.05, 4.69) is 0 Å². The normalized spacial score (nSPS) is 19.7. The van der Waals surface area contributed by atoms with Gasteiger partial charge in [0.15, 0.2) is 0 Å². The second kappa shape index (κ2) is 9.72. The van der Waals surface area contributed by atoms with Gasteiger partial charge in [-0.1, -0.05) is 66.7 Å². The predicted octanol–water partition coefficient (Wildman–Crippen LogP) is 3.29. The lowest BCUT2D eigenvalue weighted by molar-refractivity contribution is -0.136. The van der Waals surface area contributed by atoms with Crippen molar-refractivity contribution in [1.29, 1.82) is 0 Å². The average Bonchev–Trinajstić information content (AvgIpc) is 3.34. The van der Waals surface area contributed by atoms with Gasteiger partial charge in [-0.15, -0.1) is 0 Å². The van der Waals surface area contributed by atoms with Gasteiger partial charge in [0.05, 0.1) is 31.4 Å². The van der Waals surface area contributed by atoms with Crippen molar-refractivity contribution >= 4 is 17.5 Å². The molecule has 5 rings (SSSR count). The first-order valence-electron chi connectivity index (χ1n) is 11.7. The molecule has 0 saturated carbocycles. The van der Waals surface area contributed by atoms with Crippen LogP contribution in [0.3, 0.4) is 0 Å². The topological polar surface area (TPSA) is 88.2 Å². The summed E-state index contributed by atoms with van der Waals surface area (Å²) in [5.74, 6) is 0.168. The van der Waals surface area contributed by atoms with Crippen LogP contribution in [-0.4, -0.2) is 47.1 Å². The number of hydrogen-bond acceptors (Lipinski definition) is 5. The molecule has 2 N–H and O–H groups in total. The molecule has 7 heteroatoms. The number of nitrogens with two attached hydrogens (primary N) is 1. The largest absolute Gasteiger partial charge is 0.497 e. The van der Waals surface area contributed by atoms with Crippen LogP contribution in [0.5, 0.6) is 5.75 Å². The number of methoxy groups -OCH3 is 1. The van der Waals surface area contributed by atoms with E-state index in [1.807, 2.05) is 83.8 Å². The number of hydrazone groups is 1. The number of nitrogens with zero attached hydrogens (tertiary/aromatic N) is 3. The van der Waals surface area contributed by atoms with Crippen molar-refractivity contribution in [3.8, 4) is 5.75 Å². The highest BCUT2D eigenvalue weighted by Crippen LogP contribution is 2.34. The van der Waals surface area contributed by atoms with Gasteiger partial charge in [-0.05, 0) is 40.8 Å². The van der Waals surface area contributed by atoms with Crippen LogP contribution in [0, 0.1) is 0 Å². The molecule has 35 heavy (non-hydrogen) atoms. The maximum Gasteiger partial charge on any atom is 0.257 e. The highest BCUT2D eigenvalue weighted by Gasteiger charge is 2.37. The fourth-order valence-corrected chi connectivity index (χ4v) is 4.90. The molecule has 2 heterocycles. The first kappa shape index (κ1) is 22.8. The van der Waals surface area contributed by atoms with Crippen molar-refractivity contribution in [3.63, 3.8) is 0 Å². The predicted molar refractivity (Wildman–Crippen MR) is 134 cm³/mol. The van der Waals surface area contributed by atoms with Gasteiger partial charge in [0.25, 0.3) is 5.91 Å². The van der Waals surface area contributed by atoms with Gasteiger partial charge in [-0.25, -0.2) is 5.01 Å². The van der Waals surface area contributed by atoms with Gasteiger partial charge in [0, 0.05) is 13.0 Å². The Bertz CT molecular complexity index is 1260. The summed E-state index contributed by atoms with van der Waals surface area (Å²) >= 11 is 0. The zero-order valence-electron chi connectivity index (χ0n) is 19.6. The fraction of sp³-hybridized carbons (Fsp3) is 0.250.